The molecule has 2 aromatic heterocycles. The summed E-state index contributed by atoms with van der Waals surface area (Å²) >= 11 is 5.14. The fraction of sp³-hybridized carbons (Fsp3) is 0.143. The standard InChI is InChI=1S/C14H11F2N3O2S.ClH/c15-8-3-7-4-11(13(20)21-12(7)10(16)5-8)19-9(1-2-17)6-18-14(19)22;/h3-6H,1-2,17H2,(H,18,22);1H. The van der Waals surface area contributed by atoms with Crippen LogP contribution in [0.2, 0.25) is 0 Å². The number of halogens is 3. The average Bonchev–Trinajstić information content (AvgIpc) is 2.81. The molecule has 1 aromatic carbocycles. The second kappa shape index (κ2) is 6.61. The Bertz CT molecular complexity index is 980. The molecule has 3 N–H and O–H groups in total. The number of aromatic nitrogens is 2. The number of nitrogens with one attached hydrogen (secondary N) is 1. The Labute approximate surface area is 140 Å². The molecule has 0 aliphatic carbocycles. The summed E-state index contributed by atoms with van der Waals surface area (Å²) in [7, 11) is 0. The van der Waals surface area contributed by atoms with Crippen molar-refractivity contribution in [3.8, 4) is 5.69 Å². The first-order valence-electron chi connectivity index (χ1n) is 6.44. The van der Waals surface area contributed by atoms with E-state index in [0.29, 0.717) is 24.7 Å². The molecule has 0 atom stereocenters. The van der Waals surface area contributed by atoms with Gasteiger partial charge < -0.3 is 15.1 Å². The molecule has 0 aliphatic rings. The molecule has 0 saturated heterocycles. The number of hydrogen-bond acceptors (Lipinski definition) is 4. The molecule has 3 aromatic rings. The van der Waals surface area contributed by atoms with Crippen LogP contribution in [0.4, 0.5) is 8.78 Å². The highest BCUT2D eigenvalue weighted by Gasteiger charge is 2.15. The van der Waals surface area contributed by atoms with E-state index in [9.17, 15) is 13.6 Å². The molecule has 23 heavy (non-hydrogen) atoms. The van der Waals surface area contributed by atoms with Crippen LogP contribution >= 0.6 is 24.6 Å². The van der Waals surface area contributed by atoms with Crippen molar-refractivity contribution in [3.63, 3.8) is 0 Å². The van der Waals surface area contributed by atoms with Crippen molar-refractivity contribution in [3.05, 3.63) is 56.9 Å². The van der Waals surface area contributed by atoms with Gasteiger partial charge in [0.15, 0.2) is 16.2 Å². The minimum atomic E-state index is -0.932. The number of benzene rings is 1. The molecule has 0 amide bonds. The van der Waals surface area contributed by atoms with Crippen LogP contribution in [-0.2, 0) is 6.42 Å². The molecule has 0 spiro atoms. The van der Waals surface area contributed by atoms with Crippen molar-refractivity contribution < 1.29 is 13.2 Å². The lowest BCUT2D eigenvalue weighted by Gasteiger charge is -2.07. The highest BCUT2D eigenvalue weighted by Crippen LogP contribution is 2.21. The fourth-order valence-corrected chi connectivity index (χ4v) is 2.58. The van der Waals surface area contributed by atoms with Gasteiger partial charge >= 0.3 is 5.63 Å². The molecule has 0 bridgehead atoms. The van der Waals surface area contributed by atoms with Gasteiger partial charge in [-0.25, -0.2) is 13.6 Å². The molecule has 3 rings (SSSR count). The smallest absolute Gasteiger partial charge is 0.360 e. The Balaban J connectivity index is 0.00000192. The van der Waals surface area contributed by atoms with Crippen LogP contribution < -0.4 is 11.4 Å². The van der Waals surface area contributed by atoms with Crippen LogP contribution in [0.15, 0.2) is 33.6 Å². The molecular formula is C14H12ClF2N3O2S. The fourth-order valence-electron chi connectivity index (χ4n) is 2.30. The molecule has 122 valence electrons. The lowest BCUT2D eigenvalue weighted by molar-refractivity contribution is 0.512. The monoisotopic (exact) mass is 359 g/mol. The molecule has 0 aliphatic heterocycles. The van der Waals surface area contributed by atoms with E-state index in [1.54, 1.807) is 6.20 Å². The van der Waals surface area contributed by atoms with Gasteiger partial charge in [0.05, 0.1) is 0 Å². The third-order valence-corrected chi connectivity index (χ3v) is 3.53. The van der Waals surface area contributed by atoms with Crippen molar-refractivity contribution in [2.45, 2.75) is 6.42 Å². The van der Waals surface area contributed by atoms with Gasteiger partial charge in [0.1, 0.15) is 11.5 Å². The van der Waals surface area contributed by atoms with Crippen LogP contribution in [0.3, 0.4) is 0 Å². The van der Waals surface area contributed by atoms with Crippen LogP contribution in [0, 0.1) is 16.4 Å². The van der Waals surface area contributed by atoms with Gasteiger partial charge in [-0.2, -0.15) is 0 Å². The van der Waals surface area contributed by atoms with Crippen LogP contribution in [-0.4, -0.2) is 16.1 Å². The van der Waals surface area contributed by atoms with E-state index in [4.69, 9.17) is 22.4 Å². The molecule has 9 heteroatoms. The Morgan fingerprint density at radius 1 is 1.30 bits per heavy atom. The molecule has 5 nitrogen and oxygen atoms in total. The van der Waals surface area contributed by atoms with E-state index in [2.05, 4.69) is 4.98 Å². The Morgan fingerprint density at radius 2 is 2.04 bits per heavy atom. The van der Waals surface area contributed by atoms with E-state index < -0.39 is 17.3 Å². The summed E-state index contributed by atoms with van der Waals surface area (Å²) < 4.78 is 33.7. The van der Waals surface area contributed by atoms with Crippen LogP contribution in [0.1, 0.15) is 5.69 Å². The third-order valence-electron chi connectivity index (χ3n) is 3.23. The number of nitrogens with zero attached hydrogens (tertiary/aromatic N) is 1. The molecule has 0 saturated carbocycles. The van der Waals surface area contributed by atoms with Gasteiger partial charge in [0.25, 0.3) is 0 Å². The zero-order chi connectivity index (χ0) is 15.9. The number of imidazole rings is 1. The number of nitrogens with two attached hydrogens (primary N) is 1. The van der Waals surface area contributed by atoms with Crippen molar-refractivity contribution in [1.82, 2.24) is 9.55 Å². The van der Waals surface area contributed by atoms with E-state index in [0.717, 1.165) is 6.07 Å². The average molecular weight is 360 g/mol. The highest BCUT2D eigenvalue weighted by atomic mass is 35.5. The molecule has 2 heterocycles. The molecule has 0 radical (unpaired) electrons. The topological polar surface area (TPSA) is 77.0 Å². The summed E-state index contributed by atoms with van der Waals surface area (Å²) in [5.41, 5.74) is 5.21. The summed E-state index contributed by atoms with van der Waals surface area (Å²) in [5.74, 6) is -1.69. The predicted molar refractivity (Wildman–Crippen MR) is 86.9 cm³/mol. The van der Waals surface area contributed by atoms with Crippen molar-refractivity contribution in [2.24, 2.45) is 5.73 Å². The first-order chi connectivity index (χ1) is 10.5. The SMILES string of the molecule is Cl.NCCc1c[nH]c(=S)n1-c1cc2cc(F)cc(F)c2oc1=O. The number of aromatic amines is 1. The van der Waals surface area contributed by atoms with Gasteiger partial charge in [-0.05, 0) is 30.9 Å². The maximum atomic E-state index is 13.7. The lowest BCUT2D eigenvalue weighted by Crippen LogP contribution is -2.15. The zero-order valence-corrected chi connectivity index (χ0v) is 13.3. The normalized spacial score (nSPS) is 10.7. The molecular weight excluding hydrogens is 348 g/mol. The maximum Gasteiger partial charge on any atom is 0.360 e. The predicted octanol–water partition coefficient (Wildman–Crippen LogP) is 2.84. The summed E-state index contributed by atoms with van der Waals surface area (Å²) in [6, 6.07) is 3.09. The molecule has 0 unspecified atom stereocenters. The Hall–Kier alpha value is -2.03. The second-order valence-corrected chi connectivity index (χ2v) is 5.07. The number of H-pyrrole nitrogens is 1. The van der Waals surface area contributed by atoms with Crippen LogP contribution in [0.25, 0.3) is 16.7 Å². The summed E-state index contributed by atoms with van der Waals surface area (Å²) in [6.07, 6.45) is 2.10. The second-order valence-electron chi connectivity index (χ2n) is 4.68. The zero-order valence-electron chi connectivity index (χ0n) is 11.6. The number of hydrogen-bond donors (Lipinski definition) is 2. The van der Waals surface area contributed by atoms with Crippen molar-refractivity contribution in [1.29, 1.82) is 0 Å². The van der Waals surface area contributed by atoms with Gasteiger partial charge in [0, 0.05) is 29.8 Å². The number of rotatable bonds is 3. The van der Waals surface area contributed by atoms with E-state index >= 15 is 0 Å². The van der Waals surface area contributed by atoms with Gasteiger partial charge in [-0.15, -0.1) is 12.4 Å². The lowest BCUT2D eigenvalue weighted by atomic mass is 10.2. The van der Waals surface area contributed by atoms with Crippen LogP contribution in [0.5, 0.6) is 0 Å². The maximum absolute atomic E-state index is 13.7. The minimum absolute atomic E-state index is 0. The van der Waals surface area contributed by atoms with E-state index in [1.807, 2.05) is 0 Å². The van der Waals surface area contributed by atoms with Crippen molar-refractivity contribution >= 4 is 35.6 Å². The third kappa shape index (κ3) is 3.05. The molecule has 0 fully saturated rings. The minimum Gasteiger partial charge on any atom is -0.418 e. The summed E-state index contributed by atoms with van der Waals surface area (Å²) in [6.45, 7) is 0.356. The summed E-state index contributed by atoms with van der Waals surface area (Å²) in [4.78, 5) is 15.0. The largest absolute Gasteiger partial charge is 0.418 e. The quantitative estimate of drug-likeness (QED) is 0.557. The van der Waals surface area contributed by atoms with Crippen molar-refractivity contribution in [2.75, 3.05) is 6.54 Å². The van der Waals surface area contributed by atoms with E-state index in [-0.39, 0.29) is 33.8 Å². The van der Waals surface area contributed by atoms with Gasteiger partial charge in [-0.3, -0.25) is 4.57 Å². The van der Waals surface area contributed by atoms with E-state index in [1.165, 1.54) is 10.6 Å². The van der Waals surface area contributed by atoms with Gasteiger partial charge in [0.2, 0.25) is 0 Å². The Morgan fingerprint density at radius 3 is 2.74 bits per heavy atom. The first-order valence-corrected chi connectivity index (χ1v) is 6.84. The van der Waals surface area contributed by atoms with Gasteiger partial charge in [-0.1, -0.05) is 0 Å². The summed E-state index contributed by atoms with van der Waals surface area (Å²) in [5, 5.41) is 0.133. The number of fused-ring (bicyclic) bond motifs is 1. The first kappa shape index (κ1) is 17.3. The Kier molecular flexibility index (Phi) is 4.98. The highest BCUT2D eigenvalue weighted by molar-refractivity contribution is 7.71.